The zero-order chi connectivity index (χ0) is 23.3. The van der Waals surface area contributed by atoms with Crippen molar-refractivity contribution in [3.63, 3.8) is 0 Å². The molecule has 9 heteroatoms. The summed E-state index contributed by atoms with van der Waals surface area (Å²) in [5, 5.41) is 3.61. The van der Waals surface area contributed by atoms with Gasteiger partial charge in [0.25, 0.3) is 5.56 Å². The van der Waals surface area contributed by atoms with Crippen LogP contribution < -0.4 is 15.6 Å². The second kappa shape index (κ2) is 10.1. The van der Waals surface area contributed by atoms with E-state index >= 15 is 0 Å². The SMILES string of the molecule is COc1cnc2ccc(=O)n(CCN3CCC(NCc4cncc(-c5ccco5)n4)CC3)c2c1. The Kier molecular flexibility index (Phi) is 6.64. The fourth-order valence-corrected chi connectivity index (χ4v) is 4.38. The number of methoxy groups -OCH3 is 1. The summed E-state index contributed by atoms with van der Waals surface area (Å²) >= 11 is 0. The summed E-state index contributed by atoms with van der Waals surface area (Å²) in [6.07, 6.45) is 8.92. The maximum atomic E-state index is 12.5. The van der Waals surface area contributed by atoms with Crippen molar-refractivity contribution in [2.45, 2.75) is 32.0 Å². The van der Waals surface area contributed by atoms with Gasteiger partial charge in [0.15, 0.2) is 5.76 Å². The fourth-order valence-electron chi connectivity index (χ4n) is 4.38. The van der Waals surface area contributed by atoms with Gasteiger partial charge in [0.2, 0.25) is 0 Å². The van der Waals surface area contributed by atoms with Gasteiger partial charge in [-0.3, -0.25) is 14.8 Å². The van der Waals surface area contributed by atoms with Gasteiger partial charge in [-0.1, -0.05) is 0 Å². The van der Waals surface area contributed by atoms with Crippen LogP contribution in [0.1, 0.15) is 18.5 Å². The molecule has 9 nitrogen and oxygen atoms in total. The van der Waals surface area contributed by atoms with Gasteiger partial charge in [-0.15, -0.1) is 0 Å². The number of fused-ring (bicyclic) bond motifs is 1. The molecule has 0 bridgehead atoms. The molecule has 34 heavy (non-hydrogen) atoms. The quantitative estimate of drug-likeness (QED) is 0.429. The number of ether oxygens (including phenoxy) is 1. The van der Waals surface area contributed by atoms with Gasteiger partial charge in [-0.2, -0.15) is 0 Å². The van der Waals surface area contributed by atoms with Crippen LogP contribution in [0.15, 0.2) is 64.4 Å². The van der Waals surface area contributed by atoms with E-state index < -0.39 is 0 Å². The van der Waals surface area contributed by atoms with Crippen molar-refractivity contribution < 1.29 is 9.15 Å². The van der Waals surface area contributed by atoms with E-state index in [1.54, 1.807) is 48.7 Å². The summed E-state index contributed by atoms with van der Waals surface area (Å²) < 4.78 is 12.5. The molecule has 0 spiro atoms. The Morgan fingerprint density at radius 1 is 1.15 bits per heavy atom. The predicted molar refractivity (Wildman–Crippen MR) is 129 cm³/mol. The monoisotopic (exact) mass is 460 g/mol. The van der Waals surface area contributed by atoms with Crippen LogP contribution >= 0.6 is 0 Å². The number of hydrogen-bond donors (Lipinski definition) is 1. The van der Waals surface area contributed by atoms with E-state index in [9.17, 15) is 4.79 Å². The smallest absolute Gasteiger partial charge is 0.251 e. The lowest BCUT2D eigenvalue weighted by atomic mass is 10.0. The molecular weight excluding hydrogens is 432 g/mol. The number of nitrogens with one attached hydrogen (secondary N) is 1. The van der Waals surface area contributed by atoms with E-state index in [-0.39, 0.29) is 5.56 Å². The standard InChI is InChI=1S/C25H28N6O3/c1-33-20-13-23-21(28-16-20)4-5-25(32)31(23)11-10-30-8-6-18(7-9-30)27-15-19-14-26-17-22(29-19)24-3-2-12-34-24/h2-5,12-14,16-18,27H,6-11,15H2,1H3. The highest BCUT2D eigenvalue weighted by molar-refractivity contribution is 5.75. The Morgan fingerprint density at radius 2 is 2.03 bits per heavy atom. The van der Waals surface area contributed by atoms with Crippen molar-refractivity contribution in [3.8, 4) is 17.2 Å². The number of furan rings is 1. The Balaban J connectivity index is 1.14. The van der Waals surface area contributed by atoms with Gasteiger partial charge < -0.3 is 23.9 Å². The lowest BCUT2D eigenvalue weighted by Gasteiger charge is -2.32. The molecule has 176 valence electrons. The predicted octanol–water partition coefficient (Wildman–Crippen LogP) is 2.71. The van der Waals surface area contributed by atoms with Crippen LogP contribution in [0.2, 0.25) is 0 Å². The van der Waals surface area contributed by atoms with E-state index in [1.165, 1.54) is 0 Å². The molecule has 0 amide bonds. The third-order valence-corrected chi connectivity index (χ3v) is 6.31. The molecule has 4 aromatic rings. The van der Waals surface area contributed by atoms with E-state index in [1.807, 2.05) is 18.2 Å². The molecule has 0 atom stereocenters. The van der Waals surface area contributed by atoms with E-state index in [0.29, 0.717) is 24.9 Å². The molecule has 4 aromatic heterocycles. The van der Waals surface area contributed by atoms with E-state index in [0.717, 1.165) is 60.7 Å². The zero-order valence-corrected chi connectivity index (χ0v) is 19.2. The van der Waals surface area contributed by atoms with E-state index in [4.69, 9.17) is 9.15 Å². The number of pyridine rings is 2. The molecule has 5 heterocycles. The van der Waals surface area contributed by atoms with Gasteiger partial charge in [-0.05, 0) is 44.1 Å². The molecule has 5 rings (SSSR count). The molecular formula is C25H28N6O3. The van der Waals surface area contributed by atoms with Gasteiger partial charge >= 0.3 is 0 Å². The van der Waals surface area contributed by atoms with Crippen LogP contribution in [0, 0.1) is 0 Å². The maximum absolute atomic E-state index is 12.5. The lowest BCUT2D eigenvalue weighted by Crippen LogP contribution is -2.43. The molecule has 0 unspecified atom stereocenters. The minimum absolute atomic E-state index is 0.0167. The summed E-state index contributed by atoms with van der Waals surface area (Å²) in [5.74, 6) is 1.38. The van der Waals surface area contributed by atoms with Crippen LogP contribution in [0.4, 0.5) is 0 Å². The van der Waals surface area contributed by atoms with Crippen molar-refractivity contribution >= 4 is 11.0 Å². The maximum Gasteiger partial charge on any atom is 0.251 e. The lowest BCUT2D eigenvalue weighted by molar-refractivity contribution is 0.191. The number of aromatic nitrogens is 4. The third kappa shape index (κ3) is 5.00. The van der Waals surface area contributed by atoms with Gasteiger partial charge in [-0.25, -0.2) is 4.98 Å². The molecule has 1 fully saturated rings. The highest BCUT2D eigenvalue weighted by Gasteiger charge is 2.19. The van der Waals surface area contributed by atoms with E-state index in [2.05, 4.69) is 25.2 Å². The first-order chi connectivity index (χ1) is 16.7. The zero-order valence-electron chi connectivity index (χ0n) is 19.2. The van der Waals surface area contributed by atoms with Crippen molar-refractivity contribution in [2.24, 2.45) is 0 Å². The first kappa shape index (κ1) is 22.2. The molecule has 0 saturated carbocycles. The summed E-state index contributed by atoms with van der Waals surface area (Å²) in [6.45, 7) is 4.08. The summed E-state index contributed by atoms with van der Waals surface area (Å²) in [5.41, 5.74) is 3.23. The summed E-state index contributed by atoms with van der Waals surface area (Å²) in [6, 6.07) is 9.39. The number of piperidine rings is 1. The topological polar surface area (TPSA) is 98.3 Å². The van der Waals surface area contributed by atoms with Crippen LogP contribution in [0.5, 0.6) is 5.75 Å². The van der Waals surface area contributed by atoms with Crippen molar-refractivity contribution in [1.82, 2.24) is 29.7 Å². The fraction of sp³-hybridized carbons (Fsp3) is 0.360. The molecule has 0 radical (unpaired) electrons. The normalized spacial score (nSPS) is 15.1. The molecule has 0 aliphatic carbocycles. The van der Waals surface area contributed by atoms with Crippen molar-refractivity contribution in [1.29, 1.82) is 0 Å². The van der Waals surface area contributed by atoms with Crippen molar-refractivity contribution in [2.75, 3.05) is 26.7 Å². The average Bonchev–Trinajstić information content (AvgIpc) is 3.43. The Hall–Kier alpha value is -3.56. The van der Waals surface area contributed by atoms with Gasteiger partial charge in [0.1, 0.15) is 11.4 Å². The third-order valence-electron chi connectivity index (χ3n) is 6.31. The van der Waals surface area contributed by atoms with Crippen LogP contribution in [0.3, 0.4) is 0 Å². The van der Waals surface area contributed by atoms with Crippen LogP contribution in [0.25, 0.3) is 22.5 Å². The minimum Gasteiger partial charge on any atom is -0.495 e. The second-order valence-corrected chi connectivity index (χ2v) is 8.47. The summed E-state index contributed by atoms with van der Waals surface area (Å²) in [4.78, 5) is 28.3. The first-order valence-electron chi connectivity index (χ1n) is 11.5. The largest absolute Gasteiger partial charge is 0.495 e. The minimum atomic E-state index is -0.0167. The van der Waals surface area contributed by atoms with Gasteiger partial charge in [0.05, 0.1) is 42.5 Å². The number of rotatable bonds is 8. The second-order valence-electron chi connectivity index (χ2n) is 8.47. The summed E-state index contributed by atoms with van der Waals surface area (Å²) in [7, 11) is 1.61. The Bertz CT molecular complexity index is 1300. The molecule has 1 aliphatic heterocycles. The van der Waals surface area contributed by atoms with Crippen LogP contribution in [-0.4, -0.2) is 57.2 Å². The van der Waals surface area contributed by atoms with Gasteiger partial charge in [0, 0.05) is 44.0 Å². The molecule has 1 aliphatic rings. The highest BCUT2D eigenvalue weighted by atomic mass is 16.5. The highest BCUT2D eigenvalue weighted by Crippen LogP contribution is 2.18. The average molecular weight is 461 g/mol. The number of nitrogens with zero attached hydrogens (tertiary/aromatic N) is 5. The van der Waals surface area contributed by atoms with Crippen molar-refractivity contribution in [3.05, 3.63) is 71.2 Å². The Morgan fingerprint density at radius 3 is 2.82 bits per heavy atom. The first-order valence-corrected chi connectivity index (χ1v) is 11.5. The molecule has 1 saturated heterocycles. The number of likely N-dealkylation sites (tertiary alicyclic amines) is 1. The van der Waals surface area contributed by atoms with Crippen LogP contribution in [-0.2, 0) is 13.1 Å². The molecule has 1 N–H and O–H groups in total. The molecule has 0 aromatic carbocycles. The number of hydrogen-bond acceptors (Lipinski definition) is 8. The Labute approximate surface area is 197 Å².